The minimum Gasteiger partial charge on any atom is -0.508 e. The zero-order valence-corrected chi connectivity index (χ0v) is 12.4. The number of aromatic nitrogens is 3. The Bertz CT molecular complexity index is 599. The molecule has 1 aromatic heterocycles. The van der Waals surface area contributed by atoms with Gasteiger partial charge in [-0.25, -0.2) is 0 Å². The number of nitrogens with two attached hydrogens (primary N) is 1. The molecule has 1 unspecified atom stereocenters. The summed E-state index contributed by atoms with van der Waals surface area (Å²) in [6.45, 7) is 2.00. The van der Waals surface area contributed by atoms with Gasteiger partial charge >= 0.3 is 0 Å². The van der Waals surface area contributed by atoms with Crippen LogP contribution in [0.3, 0.4) is 0 Å². The van der Waals surface area contributed by atoms with Crippen LogP contribution >= 0.6 is 0 Å². The standard InChI is InChI=1S/C16H22N4O/c1-11-18-19-16(20(11)13-4-2-3-5-13)15(17)10-12-6-8-14(21)9-7-12/h6-9,13,15,21H,2-5,10,17H2,1H3. The van der Waals surface area contributed by atoms with Crippen LogP contribution in [0.2, 0.25) is 0 Å². The normalized spacial score (nSPS) is 17.2. The van der Waals surface area contributed by atoms with Crippen LogP contribution in [-0.4, -0.2) is 19.9 Å². The summed E-state index contributed by atoms with van der Waals surface area (Å²) in [6.07, 6.45) is 5.63. The Morgan fingerprint density at radius 3 is 2.57 bits per heavy atom. The van der Waals surface area contributed by atoms with Gasteiger partial charge in [-0.05, 0) is 43.9 Å². The molecule has 1 aromatic carbocycles. The van der Waals surface area contributed by atoms with Crippen LogP contribution < -0.4 is 5.73 Å². The first kappa shape index (κ1) is 14.1. The van der Waals surface area contributed by atoms with E-state index in [9.17, 15) is 5.11 Å². The van der Waals surface area contributed by atoms with Gasteiger partial charge in [0.2, 0.25) is 0 Å². The Kier molecular flexibility index (Phi) is 3.92. The number of nitrogens with zero attached hydrogens (tertiary/aromatic N) is 3. The maximum absolute atomic E-state index is 9.34. The Morgan fingerprint density at radius 1 is 1.24 bits per heavy atom. The molecule has 0 bridgehead atoms. The summed E-state index contributed by atoms with van der Waals surface area (Å²) in [5.74, 6) is 2.11. The van der Waals surface area contributed by atoms with E-state index >= 15 is 0 Å². The number of hydrogen-bond donors (Lipinski definition) is 2. The lowest BCUT2D eigenvalue weighted by Crippen LogP contribution is -2.21. The van der Waals surface area contributed by atoms with E-state index in [4.69, 9.17) is 5.73 Å². The molecule has 3 N–H and O–H groups in total. The summed E-state index contributed by atoms with van der Waals surface area (Å²) in [6, 6.07) is 7.51. The second kappa shape index (κ2) is 5.85. The van der Waals surface area contributed by atoms with Crippen molar-refractivity contribution in [2.45, 2.75) is 51.1 Å². The maximum atomic E-state index is 9.34. The fourth-order valence-electron chi connectivity index (χ4n) is 3.23. The van der Waals surface area contributed by atoms with E-state index in [0.29, 0.717) is 12.5 Å². The number of benzene rings is 1. The van der Waals surface area contributed by atoms with Gasteiger partial charge in [-0.3, -0.25) is 0 Å². The molecule has 112 valence electrons. The number of phenolic OH excluding ortho intramolecular Hbond substituents is 1. The Hall–Kier alpha value is -1.88. The summed E-state index contributed by atoms with van der Waals surface area (Å²) >= 11 is 0. The van der Waals surface area contributed by atoms with E-state index in [-0.39, 0.29) is 11.8 Å². The van der Waals surface area contributed by atoms with Crippen molar-refractivity contribution >= 4 is 0 Å². The van der Waals surface area contributed by atoms with Crippen molar-refractivity contribution in [2.75, 3.05) is 0 Å². The maximum Gasteiger partial charge on any atom is 0.150 e. The largest absolute Gasteiger partial charge is 0.508 e. The first-order chi connectivity index (χ1) is 10.1. The molecular weight excluding hydrogens is 264 g/mol. The van der Waals surface area contributed by atoms with Crippen molar-refractivity contribution < 1.29 is 5.11 Å². The van der Waals surface area contributed by atoms with Gasteiger partial charge in [0.1, 0.15) is 11.6 Å². The van der Waals surface area contributed by atoms with Crippen LogP contribution in [0.15, 0.2) is 24.3 Å². The SMILES string of the molecule is Cc1nnc(C(N)Cc2ccc(O)cc2)n1C1CCCC1. The van der Waals surface area contributed by atoms with Gasteiger partial charge in [-0.2, -0.15) is 0 Å². The molecule has 1 atom stereocenters. The van der Waals surface area contributed by atoms with E-state index in [1.807, 2.05) is 19.1 Å². The molecule has 0 amide bonds. The molecule has 1 saturated carbocycles. The fraction of sp³-hybridized carbons (Fsp3) is 0.500. The third kappa shape index (κ3) is 2.93. The van der Waals surface area contributed by atoms with Gasteiger partial charge in [0.05, 0.1) is 6.04 Å². The number of aromatic hydroxyl groups is 1. The molecule has 1 aliphatic carbocycles. The van der Waals surface area contributed by atoms with Crippen molar-refractivity contribution in [2.24, 2.45) is 5.73 Å². The van der Waals surface area contributed by atoms with Crippen LogP contribution in [0.5, 0.6) is 5.75 Å². The van der Waals surface area contributed by atoms with Crippen LogP contribution in [-0.2, 0) is 6.42 Å². The van der Waals surface area contributed by atoms with Crippen molar-refractivity contribution in [1.29, 1.82) is 0 Å². The van der Waals surface area contributed by atoms with Crippen molar-refractivity contribution in [1.82, 2.24) is 14.8 Å². The van der Waals surface area contributed by atoms with Crippen LogP contribution in [0.1, 0.15) is 55.0 Å². The van der Waals surface area contributed by atoms with Crippen molar-refractivity contribution in [3.63, 3.8) is 0 Å². The van der Waals surface area contributed by atoms with Crippen molar-refractivity contribution in [3.8, 4) is 5.75 Å². The molecule has 1 heterocycles. The van der Waals surface area contributed by atoms with Crippen LogP contribution in [0.4, 0.5) is 0 Å². The molecular formula is C16H22N4O. The summed E-state index contributed by atoms with van der Waals surface area (Å²) in [7, 11) is 0. The Labute approximate surface area is 124 Å². The van der Waals surface area contributed by atoms with Crippen LogP contribution in [0, 0.1) is 6.92 Å². The lowest BCUT2D eigenvalue weighted by molar-refractivity contribution is 0.465. The number of aryl methyl sites for hydroxylation is 1. The van der Waals surface area contributed by atoms with E-state index in [0.717, 1.165) is 17.2 Å². The van der Waals surface area contributed by atoms with E-state index < -0.39 is 0 Å². The fourth-order valence-corrected chi connectivity index (χ4v) is 3.23. The van der Waals surface area contributed by atoms with Gasteiger partial charge in [0, 0.05) is 6.04 Å². The number of hydrogen-bond acceptors (Lipinski definition) is 4. The summed E-state index contributed by atoms with van der Waals surface area (Å²) in [5.41, 5.74) is 7.46. The lowest BCUT2D eigenvalue weighted by atomic mass is 10.1. The molecule has 5 nitrogen and oxygen atoms in total. The van der Waals surface area contributed by atoms with Crippen LogP contribution in [0.25, 0.3) is 0 Å². The number of phenols is 1. The zero-order chi connectivity index (χ0) is 14.8. The average molecular weight is 286 g/mol. The van der Waals surface area contributed by atoms with Gasteiger partial charge in [-0.1, -0.05) is 25.0 Å². The molecule has 2 aromatic rings. The molecule has 0 spiro atoms. The molecule has 1 aliphatic rings. The highest BCUT2D eigenvalue weighted by atomic mass is 16.3. The van der Waals surface area contributed by atoms with Gasteiger partial charge in [-0.15, -0.1) is 10.2 Å². The molecule has 3 rings (SSSR count). The van der Waals surface area contributed by atoms with Gasteiger partial charge in [0.15, 0.2) is 5.82 Å². The third-order valence-corrected chi connectivity index (χ3v) is 4.31. The van der Waals surface area contributed by atoms with Gasteiger partial charge in [0.25, 0.3) is 0 Å². The summed E-state index contributed by atoms with van der Waals surface area (Å²) in [5, 5.41) is 17.9. The number of rotatable bonds is 4. The second-order valence-electron chi connectivity index (χ2n) is 5.89. The topological polar surface area (TPSA) is 77.0 Å². The minimum absolute atomic E-state index is 0.170. The second-order valence-corrected chi connectivity index (χ2v) is 5.89. The summed E-state index contributed by atoms with van der Waals surface area (Å²) in [4.78, 5) is 0. The first-order valence-corrected chi connectivity index (χ1v) is 7.60. The van der Waals surface area contributed by atoms with Crippen molar-refractivity contribution in [3.05, 3.63) is 41.5 Å². The predicted octanol–water partition coefficient (Wildman–Crippen LogP) is 2.65. The molecule has 0 saturated heterocycles. The monoisotopic (exact) mass is 286 g/mol. The molecule has 21 heavy (non-hydrogen) atoms. The minimum atomic E-state index is -0.170. The highest BCUT2D eigenvalue weighted by molar-refractivity contribution is 5.27. The molecule has 1 fully saturated rings. The molecule has 0 aliphatic heterocycles. The predicted molar refractivity (Wildman–Crippen MR) is 81.0 cm³/mol. The third-order valence-electron chi connectivity index (χ3n) is 4.31. The molecule has 5 heteroatoms. The Morgan fingerprint density at radius 2 is 1.90 bits per heavy atom. The lowest BCUT2D eigenvalue weighted by Gasteiger charge is -2.19. The molecule has 0 radical (unpaired) electrons. The zero-order valence-electron chi connectivity index (χ0n) is 12.4. The van der Waals surface area contributed by atoms with E-state index in [1.54, 1.807) is 12.1 Å². The van der Waals surface area contributed by atoms with E-state index in [1.165, 1.54) is 25.7 Å². The Balaban J connectivity index is 1.81. The highest BCUT2D eigenvalue weighted by Gasteiger charge is 2.25. The smallest absolute Gasteiger partial charge is 0.150 e. The first-order valence-electron chi connectivity index (χ1n) is 7.60. The van der Waals surface area contributed by atoms with E-state index in [2.05, 4.69) is 14.8 Å². The highest BCUT2D eigenvalue weighted by Crippen LogP contribution is 2.32. The quantitative estimate of drug-likeness (QED) is 0.906. The van der Waals surface area contributed by atoms with Gasteiger partial charge < -0.3 is 15.4 Å². The summed E-state index contributed by atoms with van der Waals surface area (Å²) < 4.78 is 2.23. The average Bonchev–Trinajstić information content (AvgIpc) is 3.10.